The van der Waals surface area contributed by atoms with E-state index in [1.807, 2.05) is 35.3 Å². The molecule has 0 radical (unpaired) electrons. The molecule has 1 unspecified atom stereocenters. The predicted molar refractivity (Wildman–Crippen MR) is 73.3 cm³/mol. The standard InChI is InChI=1S/C13H18N4S/c1-17-6-5-10(16-17)8-11(15-14)13-7-9-3-2-4-12(9)18-13/h5-7,11,15H,2-4,8,14H2,1H3. The number of hydrazine groups is 1. The van der Waals surface area contributed by atoms with Crippen molar-refractivity contribution in [3.63, 3.8) is 0 Å². The van der Waals surface area contributed by atoms with Crippen LogP contribution in [0.5, 0.6) is 0 Å². The summed E-state index contributed by atoms with van der Waals surface area (Å²) in [4.78, 5) is 2.89. The number of nitrogens with zero attached hydrogens (tertiary/aromatic N) is 2. The van der Waals surface area contributed by atoms with Gasteiger partial charge in [-0.15, -0.1) is 11.3 Å². The van der Waals surface area contributed by atoms with E-state index < -0.39 is 0 Å². The molecule has 0 aliphatic heterocycles. The van der Waals surface area contributed by atoms with Crippen LogP contribution >= 0.6 is 11.3 Å². The van der Waals surface area contributed by atoms with Gasteiger partial charge in [-0.3, -0.25) is 16.0 Å². The Kier molecular flexibility index (Phi) is 3.20. The summed E-state index contributed by atoms with van der Waals surface area (Å²) in [5.74, 6) is 5.70. The van der Waals surface area contributed by atoms with Crippen LogP contribution in [0.3, 0.4) is 0 Å². The lowest BCUT2D eigenvalue weighted by molar-refractivity contribution is 0.549. The third kappa shape index (κ3) is 2.21. The number of fused-ring (bicyclic) bond motifs is 1. The van der Waals surface area contributed by atoms with Crippen LogP contribution in [0.25, 0.3) is 0 Å². The molecule has 0 fully saturated rings. The van der Waals surface area contributed by atoms with E-state index in [1.165, 1.54) is 29.7 Å². The molecule has 18 heavy (non-hydrogen) atoms. The number of rotatable bonds is 4. The van der Waals surface area contributed by atoms with Gasteiger partial charge in [0.25, 0.3) is 0 Å². The molecule has 1 aliphatic rings. The second-order valence-electron chi connectivity index (χ2n) is 4.85. The van der Waals surface area contributed by atoms with Crippen molar-refractivity contribution >= 4 is 11.3 Å². The molecule has 1 atom stereocenters. The Bertz CT molecular complexity index is 521. The minimum atomic E-state index is 0.176. The van der Waals surface area contributed by atoms with Gasteiger partial charge in [-0.1, -0.05) is 0 Å². The summed E-state index contributed by atoms with van der Waals surface area (Å²) in [5.41, 5.74) is 5.53. The number of hydrogen-bond acceptors (Lipinski definition) is 4. The number of aryl methyl sites for hydroxylation is 3. The summed E-state index contributed by atoms with van der Waals surface area (Å²) >= 11 is 1.90. The van der Waals surface area contributed by atoms with Crippen molar-refractivity contribution in [2.75, 3.05) is 0 Å². The smallest absolute Gasteiger partial charge is 0.0644 e. The van der Waals surface area contributed by atoms with Gasteiger partial charge >= 0.3 is 0 Å². The van der Waals surface area contributed by atoms with Crippen LogP contribution in [0, 0.1) is 0 Å². The molecule has 2 heterocycles. The Morgan fingerprint density at radius 2 is 2.44 bits per heavy atom. The average Bonchev–Trinajstić information content (AvgIpc) is 3.00. The topological polar surface area (TPSA) is 55.9 Å². The number of nitrogens with one attached hydrogen (secondary N) is 1. The van der Waals surface area contributed by atoms with Crippen LogP contribution in [0.4, 0.5) is 0 Å². The number of thiophene rings is 1. The van der Waals surface area contributed by atoms with Crippen LogP contribution in [0.2, 0.25) is 0 Å². The van der Waals surface area contributed by atoms with E-state index >= 15 is 0 Å². The molecule has 0 saturated heterocycles. The third-order valence-corrected chi connectivity index (χ3v) is 4.84. The van der Waals surface area contributed by atoms with E-state index in [4.69, 9.17) is 5.84 Å². The van der Waals surface area contributed by atoms with E-state index in [9.17, 15) is 0 Å². The Morgan fingerprint density at radius 3 is 3.11 bits per heavy atom. The normalized spacial score (nSPS) is 15.9. The number of nitrogens with two attached hydrogens (primary N) is 1. The first kappa shape index (κ1) is 11.9. The van der Waals surface area contributed by atoms with Crippen molar-refractivity contribution in [3.05, 3.63) is 39.3 Å². The zero-order valence-electron chi connectivity index (χ0n) is 10.5. The summed E-state index contributed by atoms with van der Waals surface area (Å²) < 4.78 is 1.83. The highest BCUT2D eigenvalue weighted by Crippen LogP contribution is 2.34. The molecular weight excluding hydrogens is 244 g/mol. The first-order valence-corrected chi connectivity index (χ1v) is 7.14. The van der Waals surface area contributed by atoms with Crippen molar-refractivity contribution < 1.29 is 0 Å². The van der Waals surface area contributed by atoms with Crippen LogP contribution < -0.4 is 11.3 Å². The third-order valence-electron chi connectivity index (χ3n) is 3.49. The molecule has 0 amide bonds. The molecule has 3 rings (SSSR count). The summed E-state index contributed by atoms with van der Waals surface area (Å²) in [6.45, 7) is 0. The molecule has 2 aromatic heterocycles. The monoisotopic (exact) mass is 262 g/mol. The van der Waals surface area contributed by atoms with E-state index in [-0.39, 0.29) is 6.04 Å². The fourth-order valence-corrected chi connectivity index (χ4v) is 3.86. The Labute approximate surface area is 111 Å². The Morgan fingerprint density at radius 1 is 1.56 bits per heavy atom. The maximum atomic E-state index is 5.70. The Balaban J connectivity index is 1.79. The van der Waals surface area contributed by atoms with Gasteiger partial charge in [0.15, 0.2) is 0 Å². The molecule has 96 valence electrons. The lowest BCUT2D eigenvalue weighted by Crippen LogP contribution is -2.29. The Hall–Kier alpha value is -1.17. The molecule has 0 spiro atoms. The van der Waals surface area contributed by atoms with Crippen molar-refractivity contribution in [2.45, 2.75) is 31.7 Å². The minimum absolute atomic E-state index is 0.176. The maximum absolute atomic E-state index is 5.70. The molecule has 0 aromatic carbocycles. The van der Waals surface area contributed by atoms with Crippen LogP contribution in [0.15, 0.2) is 18.3 Å². The highest BCUT2D eigenvalue weighted by Gasteiger charge is 2.20. The van der Waals surface area contributed by atoms with Gasteiger partial charge in [0.05, 0.1) is 11.7 Å². The largest absolute Gasteiger partial charge is 0.276 e. The van der Waals surface area contributed by atoms with Crippen molar-refractivity contribution in [2.24, 2.45) is 12.9 Å². The fraction of sp³-hybridized carbons (Fsp3) is 0.462. The lowest BCUT2D eigenvalue weighted by Gasteiger charge is -2.12. The predicted octanol–water partition coefficient (Wildman–Crippen LogP) is 1.72. The number of hydrogen-bond donors (Lipinski definition) is 2. The van der Waals surface area contributed by atoms with E-state index in [0.29, 0.717) is 0 Å². The number of aromatic nitrogens is 2. The summed E-state index contributed by atoms with van der Waals surface area (Å²) in [6.07, 6.45) is 6.59. The average molecular weight is 262 g/mol. The highest BCUT2D eigenvalue weighted by atomic mass is 32.1. The molecule has 1 aliphatic carbocycles. The highest BCUT2D eigenvalue weighted by molar-refractivity contribution is 7.12. The quantitative estimate of drug-likeness (QED) is 0.651. The molecule has 3 N–H and O–H groups in total. The summed E-state index contributed by atoms with van der Waals surface area (Å²) in [7, 11) is 1.94. The van der Waals surface area contributed by atoms with Crippen LogP contribution in [-0.2, 0) is 26.3 Å². The SMILES string of the molecule is Cn1ccc(CC(NN)c2cc3c(s2)CCC3)n1. The molecule has 0 bridgehead atoms. The van der Waals surface area contributed by atoms with Crippen molar-refractivity contribution in [3.8, 4) is 0 Å². The second kappa shape index (κ2) is 4.84. The lowest BCUT2D eigenvalue weighted by atomic mass is 10.1. The molecule has 5 heteroatoms. The van der Waals surface area contributed by atoms with E-state index in [2.05, 4.69) is 16.6 Å². The van der Waals surface area contributed by atoms with Gasteiger partial charge in [0.2, 0.25) is 0 Å². The fourth-order valence-electron chi connectivity index (χ4n) is 2.55. The second-order valence-corrected chi connectivity index (χ2v) is 6.02. The van der Waals surface area contributed by atoms with Crippen molar-refractivity contribution in [1.82, 2.24) is 15.2 Å². The molecule has 4 nitrogen and oxygen atoms in total. The molecular formula is C13H18N4S. The van der Waals surface area contributed by atoms with Gasteiger partial charge in [-0.05, 0) is 37.0 Å². The molecule has 0 saturated carbocycles. The first-order valence-electron chi connectivity index (χ1n) is 6.32. The maximum Gasteiger partial charge on any atom is 0.0644 e. The van der Waals surface area contributed by atoms with E-state index in [0.717, 1.165) is 12.1 Å². The summed E-state index contributed by atoms with van der Waals surface area (Å²) in [5, 5.41) is 4.41. The van der Waals surface area contributed by atoms with Crippen molar-refractivity contribution in [1.29, 1.82) is 0 Å². The zero-order chi connectivity index (χ0) is 12.5. The van der Waals surface area contributed by atoms with Crippen LogP contribution in [-0.4, -0.2) is 9.78 Å². The minimum Gasteiger partial charge on any atom is -0.276 e. The first-order chi connectivity index (χ1) is 8.76. The molecule has 2 aromatic rings. The van der Waals surface area contributed by atoms with Gasteiger partial charge in [0.1, 0.15) is 0 Å². The van der Waals surface area contributed by atoms with Gasteiger partial charge < -0.3 is 0 Å². The van der Waals surface area contributed by atoms with Gasteiger partial charge in [-0.2, -0.15) is 5.10 Å². The summed E-state index contributed by atoms with van der Waals surface area (Å²) in [6, 6.07) is 4.54. The van der Waals surface area contributed by atoms with Gasteiger partial charge in [-0.25, -0.2) is 0 Å². The van der Waals surface area contributed by atoms with Gasteiger partial charge in [0, 0.05) is 29.4 Å². The van der Waals surface area contributed by atoms with Crippen LogP contribution in [0.1, 0.15) is 33.5 Å². The zero-order valence-corrected chi connectivity index (χ0v) is 11.3. The van der Waals surface area contributed by atoms with E-state index in [1.54, 1.807) is 4.88 Å².